The number of benzene rings is 2. The highest BCUT2D eigenvalue weighted by molar-refractivity contribution is 8.03. The zero-order valence-electron chi connectivity index (χ0n) is 15.6. The lowest BCUT2D eigenvalue weighted by Crippen LogP contribution is -2.30. The molecule has 4 nitrogen and oxygen atoms in total. The predicted octanol–water partition coefficient (Wildman–Crippen LogP) is 5.43. The molecular weight excluding hydrogens is 390 g/mol. The molecule has 28 heavy (non-hydrogen) atoms. The van der Waals surface area contributed by atoms with Crippen LogP contribution >= 0.6 is 23.4 Å². The number of hydrogen-bond donors (Lipinski definition) is 2. The van der Waals surface area contributed by atoms with Crippen molar-refractivity contribution in [1.29, 1.82) is 5.26 Å². The van der Waals surface area contributed by atoms with Gasteiger partial charge in [0.2, 0.25) is 0 Å². The Morgan fingerprint density at radius 2 is 1.89 bits per heavy atom. The lowest BCUT2D eigenvalue weighted by molar-refractivity contribution is -0.113. The van der Waals surface area contributed by atoms with Crippen molar-refractivity contribution in [2.24, 2.45) is 0 Å². The number of dihydropyridines is 1. The Morgan fingerprint density at radius 3 is 2.54 bits per heavy atom. The van der Waals surface area contributed by atoms with E-state index in [0.29, 0.717) is 27.6 Å². The third-order valence-electron chi connectivity index (χ3n) is 4.43. The Kier molecular flexibility index (Phi) is 6.45. The van der Waals surface area contributed by atoms with E-state index >= 15 is 0 Å². The molecular formula is C22H20ClN3OS. The van der Waals surface area contributed by atoms with E-state index in [1.54, 1.807) is 17.8 Å². The number of rotatable bonds is 5. The molecule has 2 aromatic rings. The van der Waals surface area contributed by atoms with E-state index < -0.39 is 5.92 Å². The number of allylic oxidation sites excluding steroid dienone is 2. The maximum absolute atomic E-state index is 13.2. The molecule has 2 N–H and O–H groups in total. The van der Waals surface area contributed by atoms with Crippen LogP contribution in [0.3, 0.4) is 0 Å². The van der Waals surface area contributed by atoms with Crippen molar-refractivity contribution >= 4 is 35.0 Å². The third kappa shape index (κ3) is 4.09. The van der Waals surface area contributed by atoms with Crippen molar-refractivity contribution in [3.63, 3.8) is 0 Å². The normalized spacial score (nSPS) is 16.4. The Labute approximate surface area is 174 Å². The van der Waals surface area contributed by atoms with Crippen LogP contribution in [0.25, 0.3) is 0 Å². The molecule has 0 spiro atoms. The molecule has 0 saturated heterocycles. The maximum atomic E-state index is 13.2. The molecule has 1 atom stereocenters. The Hall–Kier alpha value is -2.68. The summed E-state index contributed by atoms with van der Waals surface area (Å²) in [5.74, 6) is 0.0221. The van der Waals surface area contributed by atoms with Crippen molar-refractivity contribution in [1.82, 2.24) is 5.32 Å². The average molecular weight is 410 g/mol. The van der Waals surface area contributed by atoms with Gasteiger partial charge < -0.3 is 10.6 Å². The zero-order chi connectivity index (χ0) is 20.1. The van der Waals surface area contributed by atoms with Gasteiger partial charge >= 0.3 is 0 Å². The quantitative estimate of drug-likeness (QED) is 0.691. The number of nitrogens with one attached hydrogen (secondary N) is 2. The van der Waals surface area contributed by atoms with E-state index in [4.69, 9.17) is 11.6 Å². The van der Waals surface area contributed by atoms with Crippen molar-refractivity contribution in [2.75, 3.05) is 11.1 Å². The second-order valence-electron chi connectivity index (χ2n) is 6.23. The van der Waals surface area contributed by atoms with E-state index in [1.807, 2.05) is 62.4 Å². The van der Waals surface area contributed by atoms with Crippen LogP contribution in [0.15, 0.2) is 76.5 Å². The summed E-state index contributed by atoms with van der Waals surface area (Å²) in [5, 5.41) is 17.4. The molecule has 0 aliphatic carbocycles. The van der Waals surface area contributed by atoms with Crippen LogP contribution in [0.2, 0.25) is 5.02 Å². The lowest BCUT2D eigenvalue weighted by Gasteiger charge is -2.30. The van der Waals surface area contributed by atoms with E-state index in [2.05, 4.69) is 16.7 Å². The molecule has 0 aromatic heterocycles. The van der Waals surface area contributed by atoms with Crippen molar-refractivity contribution in [2.45, 2.75) is 19.8 Å². The lowest BCUT2D eigenvalue weighted by atomic mass is 9.82. The minimum absolute atomic E-state index is 0.255. The molecule has 1 heterocycles. The first-order valence-corrected chi connectivity index (χ1v) is 10.3. The highest BCUT2D eigenvalue weighted by Crippen LogP contribution is 2.43. The van der Waals surface area contributed by atoms with Crippen LogP contribution in [0, 0.1) is 11.3 Å². The number of hydrogen-bond acceptors (Lipinski definition) is 4. The van der Waals surface area contributed by atoms with Gasteiger partial charge in [-0.15, -0.1) is 11.8 Å². The third-order valence-corrected chi connectivity index (χ3v) is 5.67. The Balaban J connectivity index is 2.11. The van der Waals surface area contributed by atoms with Crippen LogP contribution in [0.4, 0.5) is 5.69 Å². The van der Waals surface area contributed by atoms with Gasteiger partial charge in [-0.2, -0.15) is 5.26 Å². The fourth-order valence-electron chi connectivity index (χ4n) is 3.21. The minimum atomic E-state index is -0.530. The summed E-state index contributed by atoms with van der Waals surface area (Å²) in [6.07, 6.45) is 0. The average Bonchev–Trinajstić information content (AvgIpc) is 2.69. The van der Waals surface area contributed by atoms with Crippen LogP contribution < -0.4 is 10.6 Å². The summed E-state index contributed by atoms with van der Waals surface area (Å²) >= 11 is 8.02. The molecule has 142 valence electrons. The molecule has 1 amide bonds. The van der Waals surface area contributed by atoms with E-state index in [-0.39, 0.29) is 5.91 Å². The smallest absolute Gasteiger partial charge is 0.254 e. The molecule has 0 fully saturated rings. The summed E-state index contributed by atoms with van der Waals surface area (Å²) in [4.78, 5) is 13.2. The summed E-state index contributed by atoms with van der Waals surface area (Å²) < 4.78 is 0. The maximum Gasteiger partial charge on any atom is 0.254 e. The number of thioether (sulfide) groups is 1. The second-order valence-corrected chi connectivity index (χ2v) is 7.91. The van der Waals surface area contributed by atoms with Gasteiger partial charge in [0.05, 0.1) is 22.6 Å². The Morgan fingerprint density at radius 1 is 1.21 bits per heavy atom. The molecule has 0 unspecified atom stereocenters. The van der Waals surface area contributed by atoms with Gasteiger partial charge in [0.25, 0.3) is 5.91 Å². The van der Waals surface area contributed by atoms with Crippen molar-refractivity contribution < 1.29 is 4.79 Å². The number of anilines is 1. The molecule has 0 radical (unpaired) electrons. The first-order chi connectivity index (χ1) is 13.6. The minimum Gasteiger partial charge on any atom is -0.353 e. The molecule has 6 heteroatoms. The topological polar surface area (TPSA) is 64.9 Å². The number of nitriles is 1. The van der Waals surface area contributed by atoms with Crippen molar-refractivity contribution in [3.05, 3.63) is 87.1 Å². The van der Waals surface area contributed by atoms with Gasteiger partial charge in [0, 0.05) is 22.0 Å². The zero-order valence-corrected chi connectivity index (χ0v) is 17.2. The van der Waals surface area contributed by atoms with E-state index in [9.17, 15) is 10.1 Å². The summed E-state index contributed by atoms with van der Waals surface area (Å²) in [6.45, 7) is 3.88. The standard InChI is InChI=1S/C22H20ClN3OS/c1-3-28-22-17(13-24)20(16-11-7-8-12-18(16)23)19(14(2)25-22)21(27)26-15-9-5-4-6-10-15/h4-12,20,25H,3H2,1-2H3,(H,26,27)/t20-/m1/s1. The number of para-hydroxylation sites is 1. The summed E-state index contributed by atoms with van der Waals surface area (Å²) in [5.41, 5.74) is 3.15. The second kappa shape index (κ2) is 9.01. The van der Waals surface area contributed by atoms with Gasteiger partial charge in [0.1, 0.15) is 0 Å². The van der Waals surface area contributed by atoms with Crippen LogP contribution in [0.5, 0.6) is 0 Å². The fraction of sp³-hybridized carbons (Fsp3) is 0.182. The van der Waals surface area contributed by atoms with Gasteiger partial charge in [-0.3, -0.25) is 4.79 Å². The van der Waals surface area contributed by atoms with Crippen LogP contribution in [-0.2, 0) is 4.79 Å². The van der Waals surface area contributed by atoms with Crippen molar-refractivity contribution in [3.8, 4) is 6.07 Å². The summed E-state index contributed by atoms with van der Waals surface area (Å²) in [7, 11) is 0. The molecule has 1 aliphatic heterocycles. The molecule has 0 saturated carbocycles. The first-order valence-electron chi connectivity index (χ1n) is 8.92. The Bertz CT molecular complexity index is 992. The monoisotopic (exact) mass is 409 g/mol. The molecule has 0 bridgehead atoms. The van der Waals surface area contributed by atoms with Gasteiger partial charge in [-0.1, -0.05) is 54.9 Å². The van der Waals surface area contributed by atoms with Crippen LogP contribution in [0.1, 0.15) is 25.3 Å². The van der Waals surface area contributed by atoms with E-state index in [0.717, 1.165) is 16.3 Å². The molecule has 3 rings (SSSR count). The SMILES string of the molecule is CCSC1=C(C#N)[C@@H](c2ccccc2Cl)C(C(=O)Nc2ccccc2)=C(C)N1. The van der Waals surface area contributed by atoms with Gasteiger partial charge in [-0.25, -0.2) is 0 Å². The fourth-order valence-corrected chi connectivity index (χ4v) is 4.29. The number of halogens is 1. The van der Waals surface area contributed by atoms with Gasteiger partial charge in [0.15, 0.2) is 0 Å². The number of nitrogens with zero attached hydrogens (tertiary/aromatic N) is 1. The number of carbonyl (C=O) groups excluding carboxylic acids is 1. The largest absolute Gasteiger partial charge is 0.353 e. The molecule has 2 aromatic carbocycles. The summed E-state index contributed by atoms with van der Waals surface area (Å²) in [6, 6.07) is 18.9. The number of carbonyl (C=O) groups is 1. The van der Waals surface area contributed by atoms with Crippen LogP contribution in [-0.4, -0.2) is 11.7 Å². The van der Waals surface area contributed by atoms with Gasteiger partial charge in [-0.05, 0) is 36.4 Å². The number of amides is 1. The molecule has 1 aliphatic rings. The highest BCUT2D eigenvalue weighted by Gasteiger charge is 2.35. The first kappa shape index (κ1) is 20.1. The predicted molar refractivity (Wildman–Crippen MR) is 116 cm³/mol. The van der Waals surface area contributed by atoms with E-state index in [1.165, 1.54) is 0 Å². The highest BCUT2D eigenvalue weighted by atomic mass is 35.5.